The van der Waals surface area contributed by atoms with Gasteiger partial charge in [0.05, 0.1) is 0 Å². The summed E-state index contributed by atoms with van der Waals surface area (Å²) in [5, 5.41) is 1.99. The molecule has 0 aliphatic carbocycles. The van der Waals surface area contributed by atoms with Gasteiger partial charge in [-0.25, -0.2) is 0 Å². The number of ether oxygens (including phenoxy) is 1. The van der Waals surface area contributed by atoms with Crippen molar-refractivity contribution in [3.05, 3.63) is 12.3 Å². The maximum atomic E-state index is 11.5. The van der Waals surface area contributed by atoms with Crippen molar-refractivity contribution < 1.29 is 19.1 Å². The van der Waals surface area contributed by atoms with Crippen LogP contribution in [0, 0.1) is 0 Å². The number of nitrogens with zero attached hydrogens (tertiary/aromatic N) is 1. The second-order valence-corrected chi connectivity index (χ2v) is 4.22. The molecule has 0 fully saturated rings. The number of hydrogen-bond acceptors (Lipinski definition) is 6. The molecule has 7 nitrogen and oxygen atoms in total. The van der Waals surface area contributed by atoms with E-state index < -0.39 is 12.0 Å². The molecule has 0 spiro atoms. The monoisotopic (exact) mass is 289 g/mol. The van der Waals surface area contributed by atoms with Crippen molar-refractivity contribution >= 4 is 30.2 Å². The Morgan fingerprint density at radius 3 is 2.68 bits per heavy atom. The zero-order valence-electron chi connectivity index (χ0n) is 11.2. The zero-order chi connectivity index (χ0) is 14.7. The van der Waals surface area contributed by atoms with Crippen molar-refractivity contribution in [1.82, 2.24) is 14.9 Å². The first-order valence-corrected chi connectivity index (χ1v) is 6.75. The third-order valence-electron chi connectivity index (χ3n) is 2.21. The molecule has 3 amide bonds. The smallest absolute Gasteiger partial charge is 0.258 e. The number of methoxy groups -OCH3 is 1. The van der Waals surface area contributed by atoms with E-state index in [0.29, 0.717) is 19.4 Å². The van der Waals surface area contributed by atoms with Crippen LogP contribution in [-0.2, 0) is 19.1 Å². The molecular weight excluding hydrogens is 270 g/mol. The van der Waals surface area contributed by atoms with Crippen molar-refractivity contribution in [3.8, 4) is 0 Å². The SMILES string of the molecule is COC(CCN(C)/C=C\C(=O)NC=O)C(=O)NSC. The third-order valence-corrected chi connectivity index (χ3v) is 2.61. The lowest BCUT2D eigenvalue weighted by Crippen LogP contribution is -2.34. The Balaban J connectivity index is 4.11. The molecule has 0 rings (SSSR count). The van der Waals surface area contributed by atoms with E-state index >= 15 is 0 Å². The number of amides is 3. The van der Waals surface area contributed by atoms with Gasteiger partial charge >= 0.3 is 0 Å². The summed E-state index contributed by atoms with van der Waals surface area (Å²) >= 11 is 1.21. The first-order chi connectivity index (χ1) is 9.04. The van der Waals surface area contributed by atoms with Crippen LogP contribution in [0.1, 0.15) is 6.42 Å². The van der Waals surface area contributed by atoms with Crippen LogP contribution in [-0.4, -0.2) is 56.2 Å². The molecule has 108 valence electrons. The second kappa shape index (κ2) is 10.4. The lowest BCUT2D eigenvalue weighted by atomic mass is 10.2. The fourth-order valence-electron chi connectivity index (χ4n) is 1.22. The molecule has 0 aromatic heterocycles. The standard InChI is InChI=1S/C11H19N3O4S/c1-14(7-5-10(16)12-8-15)6-4-9(18-2)11(17)13-19-3/h5,7-9H,4,6H2,1-3H3,(H,13,17)(H,12,15,16)/b7-5-. The van der Waals surface area contributed by atoms with Crippen LogP contribution < -0.4 is 10.0 Å². The fraction of sp³-hybridized carbons (Fsp3) is 0.545. The Morgan fingerprint density at radius 1 is 1.47 bits per heavy atom. The van der Waals surface area contributed by atoms with E-state index in [1.807, 2.05) is 5.32 Å². The number of imide groups is 1. The Hall–Kier alpha value is -1.54. The molecule has 0 aromatic carbocycles. The molecule has 0 heterocycles. The first-order valence-electron chi connectivity index (χ1n) is 5.53. The van der Waals surface area contributed by atoms with E-state index in [9.17, 15) is 14.4 Å². The number of carbonyl (C=O) groups is 3. The van der Waals surface area contributed by atoms with E-state index in [2.05, 4.69) is 4.72 Å². The predicted molar refractivity (Wildman–Crippen MR) is 73.0 cm³/mol. The average Bonchev–Trinajstić information content (AvgIpc) is 2.37. The Bertz CT molecular complexity index is 336. The second-order valence-electron chi connectivity index (χ2n) is 3.61. The molecule has 0 saturated heterocycles. The van der Waals surface area contributed by atoms with Crippen LogP contribution in [0.2, 0.25) is 0 Å². The summed E-state index contributed by atoms with van der Waals surface area (Å²) in [6.45, 7) is 0.533. The molecular formula is C11H19N3O4S. The molecule has 0 bridgehead atoms. The van der Waals surface area contributed by atoms with Gasteiger partial charge in [0.2, 0.25) is 6.41 Å². The minimum Gasteiger partial charge on any atom is -0.380 e. The summed E-state index contributed by atoms with van der Waals surface area (Å²) in [6, 6.07) is 0. The van der Waals surface area contributed by atoms with Gasteiger partial charge in [0.1, 0.15) is 6.10 Å². The van der Waals surface area contributed by atoms with Crippen LogP contribution >= 0.6 is 11.9 Å². The molecule has 0 aliphatic rings. The van der Waals surface area contributed by atoms with Crippen molar-refractivity contribution in [2.75, 3.05) is 27.0 Å². The van der Waals surface area contributed by atoms with Gasteiger partial charge in [-0.1, -0.05) is 11.9 Å². The van der Waals surface area contributed by atoms with E-state index in [-0.39, 0.29) is 5.91 Å². The maximum absolute atomic E-state index is 11.5. The normalized spacial score (nSPS) is 11.9. The largest absolute Gasteiger partial charge is 0.380 e. The predicted octanol–water partition coefficient (Wildman–Crippen LogP) is -0.496. The lowest BCUT2D eigenvalue weighted by Gasteiger charge is -2.18. The van der Waals surface area contributed by atoms with Gasteiger partial charge in [0.15, 0.2) is 0 Å². The molecule has 8 heteroatoms. The molecule has 1 atom stereocenters. The highest BCUT2D eigenvalue weighted by molar-refractivity contribution is 7.97. The Labute approximate surface area is 116 Å². The van der Waals surface area contributed by atoms with Crippen molar-refractivity contribution in [1.29, 1.82) is 0 Å². The maximum Gasteiger partial charge on any atom is 0.258 e. The molecule has 0 saturated carbocycles. The van der Waals surface area contributed by atoms with Crippen LogP contribution in [0.15, 0.2) is 12.3 Å². The van der Waals surface area contributed by atoms with Crippen molar-refractivity contribution in [2.45, 2.75) is 12.5 Å². The first kappa shape index (κ1) is 17.5. The van der Waals surface area contributed by atoms with E-state index in [0.717, 1.165) is 0 Å². The molecule has 2 N–H and O–H groups in total. The van der Waals surface area contributed by atoms with Crippen LogP contribution in [0.3, 0.4) is 0 Å². The number of carbonyl (C=O) groups excluding carboxylic acids is 3. The highest BCUT2D eigenvalue weighted by Gasteiger charge is 2.17. The molecule has 1 unspecified atom stereocenters. The summed E-state index contributed by atoms with van der Waals surface area (Å²) in [7, 11) is 3.22. The lowest BCUT2D eigenvalue weighted by molar-refractivity contribution is -0.129. The summed E-state index contributed by atoms with van der Waals surface area (Å²) in [5.41, 5.74) is 0. The van der Waals surface area contributed by atoms with Crippen LogP contribution in [0.25, 0.3) is 0 Å². The van der Waals surface area contributed by atoms with Gasteiger partial charge in [-0.15, -0.1) is 0 Å². The van der Waals surface area contributed by atoms with Crippen molar-refractivity contribution in [2.24, 2.45) is 0 Å². The molecule has 0 aromatic rings. The van der Waals surface area contributed by atoms with Gasteiger partial charge < -0.3 is 9.64 Å². The molecule has 0 radical (unpaired) electrons. The number of hydrogen-bond donors (Lipinski definition) is 2. The van der Waals surface area contributed by atoms with E-state index in [4.69, 9.17) is 4.74 Å². The molecule has 19 heavy (non-hydrogen) atoms. The highest BCUT2D eigenvalue weighted by atomic mass is 32.2. The van der Waals surface area contributed by atoms with Gasteiger partial charge in [0.25, 0.3) is 11.8 Å². The van der Waals surface area contributed by atoms with Gasteiger partial charge in [-0.3, -0.25) is 24.4 Å². The van der Waals surface area contributed by atoms with Crippen molar-refractivity contribution in [3.63, 3.8) is 0 Å². The van der Waals surface area contributed by atoms with Gasteiger partial charge in [-0.05, 0) is 0 Å². The van der Waals surface area contributed by atoms with Crippen LogP contribution in [0.5, 0.6) is 0 Å². The number of nitrogens with one attached hydrogen (secondary N) is 2. The minimum absolute atomic E-state index is 0.189. The average molecular weight is 289 g/mol. The van der Waals surface area contributed by atoms with Crippen LogP contribution in [0.4, 0.5) is 0 Å². The fourth-order valence-corrected chi connectivity index (χ4v) is 1.55. The van der Waals surface area contributed by atoms with Gasteiger partial charge in [0, 0.05) is 45.7 Å². The topological polar surface area (TPSA) is 87.7 Å². The van der Waals surface area contributed by atoms with Gasteiger partial charge in [-0.2, -0.15) is 0 Å². The Morgan fingerprint density at radius 2 is 2.16 bits per heavy atom. The Kier molecular flexibility index (Phi) is 9.55. The van der Waals surface area contributed by atoms with E-state index in [1.165, 1.54) is 31.3 Å². The zero-order valence-corrected chi connectivity index (χ0v) is 12.0. The summed E-state index contributed by atoms with van der Waals surface area (Å²) in [6.07, 6.45) is 4.79. The van der Waals surface area contributed by atoms with E-state index in [1.54, 1.807) is 18.2 Å². The third kappa shape index (κ3) is 8.22. The quantitative estimate of drug-likeness (QED) is 0.338. The highest BCUT2D eigenvalue weighted by Crippen LogP contribution is 2.01. The minimum atomic E-state index is -0.535. The summed E-state index contributed by atoms with van der Waals surface area (Å²) in [5.74, 6) is -0.684. The summed E-state index contributed by atoms with van der Waals surface area (Å²) < 4.78 is 7.68. The molecule has 0 aliphatic heterocycles. The summed E-state index contributed by atoms with van der Waals surface area (Å²) in [4.78, 5) is 34.3. The number of rotatable bonds is 9.